The minimum Gasteiger partial charge on any atom is -0.480 e. The molecule has 0 bridgehead atoms. The zero-order valence-electron chi connectivity index (χ0n) is 12.4. The van der Waals surface area contributed by atoms with Crippen molar-refractivity contribution in [2.24, 2.45) is 0 Å². The molecule has 23 heavy (non-hydrogen) atoms. The molecule has 1 amide bonds. The number of benzene rings is 1. The molecule has 1 aromatic rings. The van der Waals surface area contributed by atoms with E-state index in [1.807, 2.05) is 6.92 Å². The molecule has 130 valence electrons. The van der Waals surface area contributed by atoms with Crippen LogP contribution in [0.5, 0.6) is 0 Å². The number of hydrogen-bond acceptors (Lipinski definition) is 4. The van der Waals surface area contributed by atoms with E-state index in [9.17, 15) is 18.4 Å². The summed E-state index contributed by atoms with van der Waals surface area (Å²) in [5.41, 5.74) is 0.466. The molecule has 0 aliphatic rings. The average Bonchev–Trinajstić information content (AvgIpc) is 2.44. The number of alkyl halides is 2. The van der Waals surface area contributed by atoms with Crippen molar-refractivity contribution >= 4 is 41.7 Å². The van der Waals surface area contributed by atoms with Gasteiger partial charge in [-0.15, -0.1) is 12.4 Å². The predicted molar refractivity (Wildman–Crippen MR) is 88.5 cm³/mol. The third-order valence-electron chi connectivity index (χ3n) is 2.75. The van der Waals surface area contributed by atoms with E-state index in [1.165, 1.54) is 24.3 Å². The molecule has 5 nitrogen and oxygen atoms in total. The number of anilines is 1. The number of carbonyl (C=O) groups is 2. The van der Waals surface area contributed by atoms with Gasteiger partial charge in [0.05, 0.1) is 6.54 Å². The van der Waals surface area contributed by atoms with Crippen molar-refractivity contribution in [3.05, 3.63) is 24.3 Å². The second-order valence-electron chi connectivity index (χ2n) is 4.51. The molecule has 0 radical (unpaired) electrons. The first-order valence-electron chi connectivity index (χ1n) is 6.73. The number of amides is 1. The van der Waals surface area contributed by atoms with Crippen LogP contribution in [0.2, 0.25) is 0 Å². The molecule has 1 aromatic carbocycles. The average molecular weight is 369 g/mol. The summed E-state index contributed by atoms with van der Waals surface area (Å²) in [5, 5.41) is 14.2. The molecular formula is C14H19ClF2N2O3S. The SMILES string of the molecule is CCCC(NCC(=O)Nc1ccc(SC(F)F)cc1)C(=O)O.Cl. The third kappa shape index (κ3) is 8.73. The van der Waals surface area contributed by atoms with E-state index >= 15 is 0 Å². The van der Waals surface area contributed by atoms with Crippen LogP contribution in [0.3, 0.4) is 0 Å². The smallest absolute Gasteiger partial charge is 0.320 e. The van der Waals surface area contributed by atoms with Gasteiger partial charge in [-0.3, -0.25) is 14.9 Å². The van der Waals surface area contributed by atoms with E-state index < -0.39 is 23.7 Å². The summed E-state index contributed by atoms with van der Waals surface area (Å²) in [6.07, 6.45) is 1.12. The highest BCUT2D eigenvalue weighted by Gasteiger charge is 2.16. The number of aliphatic carboxylic acids is 1. The Bertz CT molecular complexity index is 503. The Balaban J connectivity index is 0.00000484. The maximum Gasteiger partial charge on any atom is 0.320 e. The molecule has 0 fully saturated rings. The zero-order valence-corrected chi connectivity index (χ0v) is 14.1. The number of rotatable bonds is 9. The Morgan fingerprint density at radius 3 is 2.35 bits per heavy atom. The number of hydrogen-bond donors (Lipinski definition) is 3. The number of halogens is 3. The predicted octanol–water partition coefficient (Wildman–Crippen LogP) is 3.20. The fourth-order valence-corrected chi connectivity index (χ4v) is 2.24. The molecule has 0 spiro atoms. The van der Waals surface area contributed by atoms with Crippen LogP contribution in [-0.2, 0) is 9.59 Å². The van der Waals surface area contributed by atoms with Crippen molar-refractivity contribution in [3.8, 4) is 0 Å². The topological polar surface area (TPSA) is 78.4 Å². The quantitative estimate of drug-likeness (QED) is 0.583. The number of nitrogens with one attached hydrogen (secondary N) is 2. The molecule has 3 N–H and O–H groups in total. The summed E-state index contributed by atoms with van der Waals surface area (Å²) in [7, 11) is 0. The van der Waals surface area contributed by atoms with Crippen molar-refractivity contribution in [2.75, 3.05) is 11.9 Å². The second-order valence-corrected chi connectivity index (χ2v) is 5.57. The summed E-state index contributed by atoms with van der Waals surface area (Å²) in [4.78, 5) is 23.0. The van der Waals surface area contributed by atoms with Crippen molar-refractivity contribution < 1.29 is 23.5 Å². The first kappa shape index (κ1) is 21.6. The van der Waals surface area contributed by atoms with Gasteiger partial charge < -0.3 is 10.4 Å². The minimum atomic E-state index is -2.49. The highest BCUT2D eigenvalue weighted by Crippen LogP contribution is 2.26. The maximum absolute atomic E-state index is 12.2. The maximum atomic E-state index is 12.2. The van der Waals surface area contributed by atoms with Crippen LogP contribution in [-0.4, -0.2) is 35.3 Å². The van der Waals surface area contributed by atoms with Gasteiger partial charge in [0.2, 0.25) is 5.91 Å². The highest BCUT2D eigenvalue weighted by molar-refractivity contribution is 7.99. The lowest BCUT2D eigenvalue weighted by Crippen LogP contribution is -2.41. The highest BCUT2D eigenvalue weighted by atomic mass is 35.5. The number of carboxylic acid groups (broad SMARTS) is 1. The summed E-state index contributed by atoms with van der Waals surface area (Å²) in [6, 6.07) is 5.24. The zero-order chi connectivity index (χ0) is 16.5. The van der Waals surface area contributed by atoms with E-state index in [0.29, 0.717) is 35.2 Å². The van der Waals surface area contributed by atoms with Crippen LogP contribution in [0.4, 0.5) is 14.5 Å². The normalized spacial score (nSPS) is 11.7. The Morgan fingerprint density at radius 2 is 1.87 bits per heavy atom. The fraction of sp³-hybridized carbons (Fsp3) is 0.429. The Kier molecular flexibility index (Phi) is 10.5. The fourth-order valence-electron chi connectivity index (χ4n) is 1.74. The minimum absolute atomic E-state index is 0. The van der Waals surface area contributed by atoms with Gasteiger partial charge in [0, 0.05) is 10.6 Å². The molecule has 0 saturated carbocycles. The summed E-state index contributed by atoms with van der Waals surface area (Å²) < 4.78 is 24.3. The number of carboxylic acids is 1. The molecule has 0 aliphatic carbocycles. The van der Waals surface area contributed by atoms with Crippen molar-refractivity contribution in [1.82, 2.24) is 5.32 Å². The van der Waals surface area contributed by atoms with E-state index in [-0.39, 0.29) is 19.0 Å². The number of thioether (sulfide) groups is 1. The van der Waals surface area contributed by atoms with Gasteiger partial charge in [0.1, 0.15) is 6.04 Å². The standard InChI is InChI=1S/C14H18F2N2O3S.ClH/c1-2-3-11(13(20)21)17-8-12(19)18-9-4-6-10(7-5-9)22-14(15)16;/h4-7,11,14,17H,2-3,8H2,1H3,(H,18,19)(H,20,21);1H. The van der Waals surface area contributed by atoms with Crippen LogP contribution in [0.15, 0.2) is 29.2 Å². The lowest BCUT2D eigenvalue weighted by Gasteiger charge is -2.13. The second kappa shape index (κ2) is 11.2. The lowest BCUT2D eigenvalue weighted by molar-refractivity contribution is -0.139. The van der Waals surface area contributed by atoms with Crippen molar-refractivity contribution in [3.63, 3.8) is 0 Å². The van der Waals surface area contributed by atoms with Gasteiger partial charge in [-0.1, -0.05) is 25.1 Å². The lowest BCUT2D eigenvalue weighted by atomic mass is 10.2. The summed E-state index contributed by atoms with van der Waals surface area (Å²) in [6.45, 7) is 1.72. The molecule has 1 atom stereocenters. The number of carbonyl (C=O) groups excluding carboxylic acids is 1. The molecule has 0 aliphatic heterocycles. The first-order valence-corrected chi connectivity index (χ1v) is 7.61. The third-order valence-corrected chi connectivity index (χ3v) is 3.47. The van der Waals surface area contributed by atoms with Crippen molar-refractivity contribution in [1.29, 1.82) is 0 Å². The monoisotopic (exact) mass is 368 g/mol. The molecule has 1 rings (SSSR count). The molecule has 0 aromatic heterocycles. The van der Waals surface area contributed by atoms with Crippen LogP contribution >= 0.6 is 24.2 Å². The molecular weight excluding hydrogens is 350 g/mol. The van der Waals surface area contributed by atoms with E-state index in [1.54, 1.807) is 0 Å². The summed E-state index contributed by atoms with van der Waals surface area (Å²) >= 11 is 0.425. The van der Waals surface area contributed by atoms with Crippen LogP contribution in [0, 0.1) is 0 Å². The molecule has 1 unspecified atom stereocenters. The molecule has 0 heterocycles. The van der Waals surface area contributed by atoms with Crippen LogP contribution in [0.1, 0.15) is 19.8 Å². The first-order chi connectivity index (χ1) is 10.4. The Labute approximate surface area is 143 Å². The van der Waals surface area contributed by atoms with Crippen LogP contribution < -0.4 is 10.6 Å². The van der Waals surface area contributed by atoms with E-state index in [2.05, 4.69) is 10.6 Å². The molecule has 0 saturated heterocycles. The largest absolute Gasteiger partial charge is 0.480 e. The van der Waals surface area contributed by atoms with E-state index in [0.717, 1.165) is 0 Å². The van der Waals surface area contributed by atoms with Gasteiger partial charge in [-0.05, 0) is 30.7 Å². The van der Waals surface area contributed by atoms with Crippen LogP contribution in [0.25, 0.3) is 0 Å². The van der Waals surface area contributed by atoms with Gasteiger partial charge in [0.25, 0.3) is 5.76 Å². The van der Waals surface area contributed by atoms with E-state index in [4.69, 9.17) is 5.11 Å². The van der Waals surface area contributed by atoms with Gasteiger partial charge in [-0.2, -0.15) is 8.78 Å². The molecule has 9 heteroatoms. The van der Waals surface area contributed by atoms with Gasteiger partial charge in [0.15, 0.2) is 0 Å². The summed E-state index contributed by atoms with van der Waals surface area (Å²) in [5.74, 6) is -3.88. The Hall–Kier alpha value is -1.38. The van der Waals surface area contributed by atoms with Gasteiger partial charge in [-0.25, -0.2) is 0 Å². The van der Waals surface area contributed by atoms with Crippen molar-refractivity contribution in [2.45, 2.75) is 36.5 Å². The Morgan fingerprint density at radius 1 is 1.26 bits per heavy atom. The van der Waals surface area contributed by atoms with Gasteiger partial charge >= 0.3 is 5.97 Å².